The number of hydrogen-bond donors (Lipinski definition) is 2. The number of aromatic nitrogens is 2. The molecular weight excluding hydrogens is 258 g/mol. The van der Waals surface area contributed by atoms with Gasteiger partial charge in [0.1, 0.15) is 5.75 Å². The van der Waals surface area contributed by atoms with Gasteiger partial charge >= 0.3 is 0 Å². The molecule has 7 heteroatoms. The monoisotopic (exact) mass is 273 g/mol. The minimum atomic E-state index is -0.512. The van der Waals surface area contributed by atoms with Crippen molar-refractivity contribution >= 4 is 18.1 Å². The van der Waals surface area contributed by atoms with Crippen LogP contribution < -0.4 is 16.2 Å². The highest BCUT2D eigenvalue weighted by Gasteiger charge is 1.99. The predicted molar refractivity (Wildman–Crippen MR) is 75.5 cm³/mol. The van der Waals surface area contributed by atoms with Gasteiger partial charge in [0.15, 0.2) is 6.61 Å². The summed E-state index contributed by atoms with van der Waals surface area (Å²) in [6.07, 6.45) is 3.38. The fourth-order valence-corrected chi connectivity index (χ4v) is 1.53. The first-order valence-electron chi connectivity index (χ1n) is 5.91. The topological polar surface area (TPSA) is 109 Å². The van der Waals surface area contributed by atoms with E-state index in [0.29, 0.717) is 11.7 Å². The predicted octanol–water partition coefficient (Wildman–Crippen LogP) is 0.520. The lowest BCUT2D eigenvalue weighted by Gasteiger charge is -2.03. The smallest absolute Gasteiger partial charge is 0.255 e. The number of imidazole rings is 1. The van der Waals surface area contributed by atoms with Crippen LogP contribution in [0.4, 0.5) is 5.95 Å². The van der Waals surface area contributed by atoms with Crippen molar-refractivity contribution in [1.82, 2.24) is 9.66 Å². The highest BCUT2D eigenvalue weighted by molar-refractivity contribution is 5.79. The molecule has 1 aromatic heterocycles. The Morgan fingerprint density at radius 3 is 2.70 bits per heavy atom. The van der Waals surface area contributed by atoms with E-state index in [4.69, 9.17) is 16.2 Å². The van der Waals surface area contributed by atoms with Gasteiger partial charge in [0.05, 0.1) is 18.1 Å². The van der Waals surface area contributed by atoms with E-state index in [0.717, 1.165) is 11.3 Å². The molecule has 0 aliphatic rings. The van der Waals surface area contributed by atoms with Crippen LogP contribution in [-0.2, 0) is 4.79 Å². The summed E-state index contributed by atoms with van der Waals surface area (Å²) in [7, 11) is 0. The number of hydrogen-bond acceptors (Lipinski definition) is 5. The Bertz CT molecular complexity index is 631. The van der Waals surface area contributed by atoms with Crippen LogP contribution in [0, 0.1) is 6.92 Å². The Labute approximate surface area is 115 Å². The lowest BCUT2D eigenvalue weighted by molar-refractivity contribution is -0.119. The number of rotatable bonds is 5. The number of nitrogens with two attached hydrogens (primary N) is 2. The lowest BCUT2D eigenvalue weighted by atomic mass is 10.2. The van der Waals surface area contributed by atoms with E-state index in [1.165, 1.54) is 4.68 Å². The Balaban J connectivity index is 2.03. The minimum absolute atomic E-state index is 0.141. The minimum Gasteiger partial charge on any atom is -0.484 e. The number of amides is 1. The van der Waals surface area contributed by atoms with Crippen molar-refractivity contribution < 1.29 is 9.53 Å². The van der Waals surface area contributed by atoms with Crippen LogP contribution in [0.2, 0.25) is 0 Å². The molecule has 0 atom stereocenters. The first-order chi connectivity index (χ1) is 9.54. The molecule has 20 heavy (non-hydrogen) atoms. The van der Waals surface area contributed by atoms with Gasteiger partial charge in [-0.25, -0.2) is 9.66 Å². The van der Waals surface area contributed by atoms with Gasteiger partial charge in [0.2, 0.25) is 5.95 Å². The molecule has 1 heterocycles. The number of anilines is 1. The number of primary amides is 1. The number of nitrogen functional groups attached to an aromatic ring is 1. The van der Waals surface area contributed by atoms with Crippen LogP contribution in [0.5, 0.6) is 5.75 Å². The van der Waals surface area contributed by atoms with Gasteiger partial charge in [-0.1, -0.05) is 0 Å². The molecule has 2 aromatic rings. The maximum Gasteiger partial charge on any atom is 0.255 e. The first kappa shape index (κ1) is 13.6. The molecule has 4 N–H and O–H groups in total. The maximum absolute atomic E-state index is 10.6. The van der Waals surface area contributed by atoms with Gasteiger partial charge in [-0.2, -0.15) is 5.10 Å². The summed E-state index contributed by atoms with van der Waals surface area (Å²) >= 11 is 0. The molecule has 0 spiro atoms. The Morgan fingerprint density at radius 1 is 1.45 bits per heavy atom. The number of aryl methyl sites for hydroxylation is 1. The van der Waals surface area contributed by atoms with Crippen molar-refractivity contribution in [3.63, 3.8) is 0 Å². The fourth-order valence-electron chi connectivity index (χ4n) is 1.53. The van der Waals surface area contributed by atoms with E-state index < -0.39 is 5.91 Å². The van der Waals surface area contributed by atoms with Crippen molar-refractivity contribution in [1.29, 1.82) is 0 Å². The first-order valence-corrected chi connectivity index (χ1v) is 5.91. The molecular formula is C13H15N5O2. The molecule has 0 unspecified atom stereocenters. The number of ether oxygens (including phenoxy) is 1. The zero-order valence-corrected chi connectivity index (χ0v) is 11.0. The summed E-state index contributed by atoms with van der Waals surface area (Å²) in [5.41, 5.74) is 12.3. The summed E-state index contributed by atoms with van der Waals surface area (Å²) in [4.78, 5) is 14.6. The summed E-state index contributed by atoms with van der Waals surface area (Å²) in [5.74, 6) is 0.390. The molecule has 0 saturated heterocycles. The zero-order chi connectivity index (χ0) is 14.5. The van der Waals surface area contributed by atoms with E-state index >= 15 is 0 Å². The Morgan fingerprint density at radius 2 is 2.15 bits per heavy atom. The van der Waals surface area contributed by atoms with Crippen LogP contribution in [0.1, 0.15) is 11.3 Å². The molecule has 0 bridgehead atoms. The molecule has 7 nitrogen and oxygen atoms in total. The van der Waals surface area contributed by atoms with Crippen molar-refractivity contribution in [2.75, 3.05) is 12.3 Å². The van der Waals surface area contributed by atoms with Crippen LogP contribution in [0.15, 0.2) is 35.6 Å². The van der Waals surface area contributed by atoms with Crippen LogP contribution in [-0.4, -0.2) is 28.4 Å². The van der Waals surface area contributed by atoms with Gasteiger partial charge < -0.3 is 16.2 Å². The number of carbonyl (C=O) groups excluding carboxylic acids is 1. The SMILES string of the molecule is Cc1cn(N=Cc2ccc(OCC(N)=O)cc2)c(N)n1. The van der Waals surface area contributed by atoms with Crippen LogP contribution >= 0.6 is 0 Å². The second-order valence-corrected chi connectivity index (χ2v) is 4.15. The third kappa shape index (κ3) is 3.58. The fraction of sp³-hybridized carbons (Fsp3) is 0.154. The second-order valence-electron chi connectivity index (χ2n) is 4.15. The molecule has 0 radical (unpaired) electrons. The van der Waals surface area contributed by atoms with E-state index in [1.807, 2.05) is 6.92 Å². The normalized spacial score (nSPS) is 10.8. The zero-order valence-electron chi connectivity index (χ0n) is 11.0. The average Bonchev–Trinajstić information content (AvgIpc) is 2.73. The Hall–Kier alpha value is -2.83. The number of nitrogens with zero attached hydrogens (tertiary/aromatic N) is 3. The van der Waals surface area contributed by atoms with Crippen LogP contribution in [0.25, 0.3) is 0 Å². The quantitative estimate of drug-likeness (QED) is 0.774. The van der Waals surface area contributed by atoms with Gasteiger partial charge in [-0.3, -0.25) is 4.79 Å². The number of carbonyl (C=O) groups is 1. The summed E-state index contributed by atoms with van der Waals surface area (Å²) < 4.78 is 6.65. The molecule has 0 saturated carbocycles. The molecule has 0 aliphatic carbocycles. The van der Waals surface area contributed by atoms with Crippen LogP contribution in [0.3, 0.4) is 0 Å². The lowest BCUT2D eigenvalue weighted by Crippen LogP contribution is -2.19. The third-order valence-corrected chi connectivity index (χ3v) is 2.43. The summed E-state index contributed by atoms with van der Waals surface area (Å²) in [5, 5.41) is 4.19. The standard InChI is InChI=1S/C13H15N5O2/c1-9-7-18(13(15)17-9)16-6-10-2-4-11(5-3-10)20-8-12(14)19/h2-7H,8H2,1H3,(H2,14,19)(H2,15,17). The third-order valence-electron chi connectivity index (χ3n) is 2.43. The van der Waals surface area contributed by atoms with Crippen molar-refractivity contribution in [2.45, 2.75) is 6.92 Å². The largest absolute Gasteiger partial charge is 0.484 e. The maximum atomic E-state index is 10.6. The average molecular weight is 273 g/mol. The molecule has 0 fully saturated rings. The van der Waals surface area contributed by atoms with E-state index in [2.05, 4.69) is 10.1 Å². The van der Waals surface area contributed by atoms with Gasteiger partial charge in [0.25, 0.3) is 5.91 Å². The van der Waals surface area contributed by atoms with E-state index in [1.54, 1.807) is 36.7 Å². The molecule has 1 amide bonds. The molecule has 104 valence electrons. The highest BCUT2D eigenvalue weighted by Crippen LogP contribution is 2.11. The van der Waals surface area contributed by atoms with Crippen molar-refractivity contribution in [3.05, 3.63) is 41.7 Å². The van der Waals surface area contributed by atoms with Crippen molar-refractivity contribution in [2.24, 2.45) is 10.8 Å². The van der Waals surface area contributed by atoms with Gasteiger partial charge in [-0.05, 0) is 36.8 Å². The highest BCUT2D eigenvalue weighted by atomic mass is 16.5. The summed E-state index contributed by atoms with van der Waals surface area (Å²) in [6.45, 7) is 1.70. The second kappa shape index (κ2) is 5.87. The van der Waals surface area contributed by atoms with E-state index in [-0.39, 0.29) is 6.61 Å². The Kier molecular flexibility index (Phi) is 3.99. The van der Waals surface area contributed by atoms with E-state index in [9.17, 15) is 4.79 Å². The molecule has 2 rings (SSSR count). The molecule has 0 aliphatic heterocycles. The molecule has 1 aromatic carbocycles. The number of benzene rings is 1. The van der Waals surface area contributed by atoms with Gasteiger partial charge in [-0.15, -0.1) is 0 Å². The summed E-state index contributed by atoms with van der Waals surface area (Å²) in [6, 6.07) is 7.07. The van der Waals surface area contributed by atoms with Crippen molar-refractivity contribution in [3.8, 4) is 5.75 Å². The van der Waals surface area contributed by atoms with Gasteiger partial charge in [0, 0.05) is 0 Å².